The summed E-state index contributed by atoms with van der Waals surface area (Å²) in [6.45, 7) is 6.03. The first-order valence-corrected chi connectivity index (χ1v) is 6.10. The fourth-order valence-corrected chi connectivity index (χ4v) is 1.99. The van der Waals surface area contributed by atoms with E-state index in [0.29, 0.717) is 16.9 Å². The number of likely N-dealkylation sites (tertiary alicyclic amines) is 1. The van der Waals surface area contributed by atoms with Crippen molar-refractivity contribution in [3.63, 3.8) is 0 Å². The highest BCUT2D eigenvalue weighted by molar-refractivity contribution is 5.92. The summed E-state index contributed by atoms with van der Waals surface area (Å²) in [6, 6.07) is 0. The van der Waals surface area contributed by atoms with E-state index in [9.17, 15) is 4.79 Å². The number of anilines is 1. The van der Waals surface area contributed by atoms with E-state index in [2.05, 4.69) is 29.2 Å². The van der Waals surface area contributed by atoms with Crippen molar-refractivity contribution in [3.8, 4) is 0 Å². The number of carbonyl (C=O) groups is 1. The summed E-state index contributed by atoms with van der Waals surface area (Å²) in [5.74, 6) is 5.60. The zero-order valence-electron chi connectivity index (χ0n) is 10.8. The molecule has 0 aliphatic carbocycles. The molecule has 0 saturated carbocycles. The van der Waals surface area contributed by atoms with Gasteiger partial charge < -0.3 is 10.3 Å². The molecular formula is C12H19N5O. The van der Waals surface area contributed by atoms with E-state index in [1.54, 1.807) is 0 Å². The van der Waals surface area contributed by atoms with Gasteiger partial charge in [-0.2, -0.15) is 0 Å². The molecule has 0 radical (unpaired) electrons. The molecule has 1 amide bonds. The minimum absolute atomic E-state index is 0.0541. The number of nitrogens with zero attached hydrogens (tertiary/aromatic N) is 3. The monoisotopic (exact) mass is 249 g/mol. The molecule has 0 atom stereocenters. The first kappa shape index (κ1) is 12.8. The number of hydrazine groups is 1. The largest absolute Gasteiger partial charge is 0.337 e. The minimum atomic E-state index is -0.0541. The van der Waals surface area contributed by atoms with Crippen LogP contribution in [0.3, 0.4) is 0 Å². The van der Waals surface area contributed by atoms with E-state index < -0.39 is 0 Å². The van der Waals surface area contributed by atoms with Crippen molar-refractivity contribution in [1.29, 1.82) is 0 Å². The molecule has 3 N–H and O–H groups in total. The van der Waals surface area contributed by atoms with Gasteiger partial charge in [-0.1, -0.05) is 13.8 Å². The van der Waals surface area contributed by atoms with Gasteiger partial charge in [0.2, 0.25) is 0 Å². The summed E-state index contributed by atoms with van der Waals surface area (Å²) in [4.78, 5) is 22.1. The number of piperidine rings is 1. The summed E-state index contributed by atoms with van der Waals surface area (Å²) in [5.41, 5.74) is 3.08. The molecule has 98 valence electrons. The normalized spacial score (nSPS) is 18.5. The van der Waals surface area contributed by atoms with Gasteiger partial charge in [0.25, 0.3) is 5.91 Å². The molecule has 1 aromatic rings. The second-order valence-electron chi connectivity index (χ2n) is 5.39. The van der Waals surface area contributed by atoms with E-state index in [4.69, 9.17) is 5.84 Å². The van der Waals surface area contributed by atoms with Crippen molar-refractivity contribution < 1.29 is 4.79 Å². The highest BCUT2D eigenvalue weighted by Crippen LogP contribution is 2.30. The van der Waals surface area contributed by atoms with Crippen LogP contribution in [0.1, 0.15) is 37.2 Å². The number of nitrogen functional groups attached to an aromatic ring is 1. The Morgan fingerprint density at radius 2 is 2.00 bits per heavy atom. The second kappa shape index (κ2) is 4.89. The van der Waals surface area contributed by atoms with Gasteiger partial charge in [0.05, 0.1) is 12.4 Å². The molecule has 1 aliphatic rings. The number of aromatic nitrogens is 2. The third-order valence-corrected chi connectivity index (χ3v) is 3.42. The van der Waals surface area contributed by atoms with Gasteiger partial charge >= 0.3 is 0 Å². The van der Waals surface area contributed by atoms with Crippen molar-refractivity contribution in [2.75, 3.05) is 18.5 Å². The van der Waals surface area contributed by atoms with Gasteiger partial charge in [-0.05, 0) is 18.3 Å². The predicted molar refractivity (Wildman–Crippen MR) is 68.8 cm³/mol. The lowest BCUT2D eigenvalue weighted by atomic mass is 9.82. The minimum Gasteiger partial charge on any atom is -0.337 e. The Bertz CT molecular complexity index is 419. The van der Waals surface area contributed by atoms with Gasteiger partial charge in [0.1, 0.15) is 5.69 Å². The predicted octanol–water partition coefficient (Wildman–Crippen LogP) is 1.02. The Morgan fingerprint density at radius 3 is 2.50 bits per heavy atom. The van der Waals surface area contributed by atoms with Crippen molar-refractivity contribution in [3.05, 3.63) is 18.1 Å². The summed E-state index contributed by atoms with van der Waals surface area (Å²) in [5, 5.41) is 0. The standard InChI is InChI=1S/C12H19N5O/c1-12(2)3-5-17(6-4-12)11(18)9-7-15-10(16-13)8-14-9/h7-8H,3-6,13H2,1-2H3,(H,15,16). The first-order chi connectivity index (χ1) is 8.52. The Kier molecular flexibility index (Phi) is 3.47. The summed E-state index contributed by atoms with van der Waals surface area (Å²) in [6.07, 6.45) is 4.96. The van der Waals surface area contributed by atoms with E-state index in [1.807, 2.05) is 4.90 Å². The molecule has 0 spiro atoms. The van der Waals surface area contributed by atoms with Gasteiger partial charge in [-0.3, -0.25) is 4.79 Å². The summed E-state index contributed by atoms with van der Waals surface area (Å²) >= 11 is 0. The molecular weight excluding hydrogens is 230 g/mol. The number of nitrogens with two attached hydrogens (primary N) is 1. The van der Waals surface area contributed by atoms with Gasteiger partial charge in [0, 0.05) is 13.1 Å². The highest BCUT2D eigenvalue weighted by atomic mass is 16.2. The Labute approximate surface area is 107 Å². The molecule has 1 aromatic heterocycles. The smallest absolute Gasteiger partial charge is 0.274 e. The van der Waals surface area contributed by atoms with Crippen LogP contribution in [0.2, 0.25) is 0 Å². The van der Waals surface area contributed by atoms with Crippen LogP contribution < -0.4 is 11.3 Å². The van der Waals surface area contributed by atoms with E-state index in [-0.39, 0.29) is 5.91 Å². The maximum atomic E-state index is 12.2. The maximum Gasteiger partial charge on any atom is 0.274 e. The fraction of sp³-hybridized carbons (Fsp3) is 0.583. The zero-order valence-corrected chi connectivity index (χ0v) is 10.8. The number of carbonyl (C=O) groups excluding carboxylic acids is 1. The molecule has 0 aromatic carbocycles. The Morgan fingerprint density at radius 1 is 1.33 bits per heavy atom. The Hall–Kier alpha value is -1.69. The molecule has 0 bridgehead atoms. The average molecular weight is 249 g/mol. The molecule has 1 saturated heterocycles. The first-order valence-electron chi connectivity index (χ1n) is 6.10. The SMILES string of the molecule is CC1(C)CCN(C(=O)c2cnc(NN)cn2)CC1. The molecule has 2 heterocycles. The van der Waals surface area contributed by atoms with Crippen LogP contribution in [-0.2, 0) is 0 Å². The van der Waals surface area contributed by atoms with Crippen LogP contribution >= 0.6 is 0 Å². The lowest BCUT2D eigenvalue weighted by Gasteiger charge is -2.36. The number of amides is 1. The second-order valence-corrected chi connectivity index (χ2v) is 5.39. The third-order valence-electron chi connectivity index (χ3n) is 3.42. The Balaban J connectivity index is 2.03. The van der Waals surface area contributed by atoms with Gasteiger partial charge in [-0.25, -0.2) is 15.8 Å². The summed E-state index contributed by atoms with van der Waals surface area (Å²) < 4.78 is 0. The van der Waals surface area contributed by atoms with Crippen LogP contribution in [0.15, 0.2) is 12.4 Å². The fourth-order valence-electron chi connectivity index (χ4n) is 1.99. The molecule has 6 nitrogen and oxygen atoms in total. The van der Waals surface area contributed by atoms with Crippen LogP contribution in [0.5, 0.6) is 0 Å². The number of hydrogen-bond donors (Lipinski definition) is 2. The topological polar surface area (TPSA) is 84.1 Å². The molecule has 1 fully saturated rings. The van der Waals surface area contributed by atoms with E-state index in [1.165, 1.54) is 12.4 Å². The lowest BCUT2D eigenvalue weighted by Crippen LogP contribution is -2.41. The summed E-state index contributed by atoms with van der Waals surface area (Å²) in [7, 11) is 0. The van der Waals surface area contributed by atoms with Crippen LogP contribution in [0.25, 0.3) is 0 Å². The van der Waals surface area contributed by atoms with Crippen LogP contribution in [0.4, 0.5) is 5.82 Å². The third kappa shape index (κ3) is 2.76. The van der Waals surface area contributed by atoms with Crippen molar-refractivity contribution in [2.45, 2.75) is 26.7 Å². The number of rotatable bonds is 2. The van der Waals surface area contributed by atoms with Gasteiger partial charge in [-0.15, -0.1) is 0 Å². The number of nitrogens with one attached hydrogen (secondary N) is 1. The van der Waals surface area contributed by atoms with Gasteiger partial charge in [0.15, 0.2) is 5.82 Å². The molecule has 18 heavy (non-hydrogen) atoms. The maximum absolute atomic E-state index is 12.2. The quantitative estimate of drug-likeness (QED) is 0.604. The zero-order chi connectivity index (χ0) is 13.2. The van der Waals surface area contributed by atoms with E-state index >= 15 is 0 Å². The van der Waals surface area contributed by atoms with E-state index in [0.717, 1.165) is 25.9 Å². The highest BCUT2D eigenvalue weighted by Gasteiger charge is 2.28. The van der Waals surface area contributed by atoms with Crippen LogP contribution in [-0.4, -0.2) is 33.9 Å². The van der Waals surface area contributed by atoms with Crippen molar-refractivity contribution >= 4 is 11.7 Å². The lowest BCUT2D eigenvalue weighted by molar-refractivity contribution is 0.0624. The number of hydrogen-bond acceptors (Lipinski definition) is 5. The van der Waals surface area contributed by atoms with Crippen molar-refractivity contribution in [1.82, 2.24) is 14.9 Å². The van der Waals surface area contributed by atoms with Crippen LogP contribution in [0, 0.1) is 5.41 Å². The molecule has 0 unspecified atom stereocenters. The van der Waals surface area contributed by atoms with Crippen molar-refractivity contribution in [2.24, 2.45) is 11.3 Å². The average Bonchev–Trinajstić information content (AvgIpc) is 2.38. The molecule has 6 heteroatoms. The molecule has 2 rings (SSSR count). The molecule has 1 aliphatic heterocycles.